The van der Waals surface area contributed by atoms with E-state index in [0.717, 1.165) is 0 Å². The molecule has 0 saturated heterocycles. The van der Waals surface area contributed by atoms with Gasteiger partial charge in [0, 0.05) is 6.61 Å². The van der Waals surface area contributed by atoms with Gasteiger partial charge < -0.3 is 5.11 Å². The Labute approximate surface area is 83.1 Å². The van der Waals surface area contributed by atoms with Crippen molar-refractivity contribution in [3.05, 3.63) is 6.92 Å². The van der Waals surface area contributed by atoms with Gasteiger partial charge in [-0.1, -0.05) is 6.92 Å². The van der Waals surface area contributed by atoms with Gasteiger partial charge in [-0.15, -0.1) is 0 Å². The van der Waals surface area contributed by atoms with Crippen molar-refractivity contribution in [2.75, 3.05) is 6.61 Å². The van der Waals surface area contributed by atoms with Gasteiger partial charge in [-0.3, -0.25) is 0 Å². The van der Waals surface area contributed by atoms with Gasteiger partial charge >= 0.3 is 59.1 Å². The molecule has 0 aromatic rings. The average Bonchev–Trinajstić information content (AvgIpc) is 1.37. The van der Waals surface area contributed by atoms with Crippen LogP contribution in [0.4, 0.5) is 0 Å². The van der Waals surface area contributed by atoms with E-state index < -0.39 is 0 Å². The van der Waals surface area contributed by atoms with E-state index in [2.05, 4.69) is 6.92 Å². The summed E-state index contributed by atoms with van der Waals surface area (Å²) in [7, 11) is 0. The molecular weight excluding hydrogens is 98.0 g/mol. The van der Waals surface area contributed by atoms with Gasteiger partial charge in [0.1, 0.15) is 0 Å². The van der Waals surface area contributed by atoms with Gasteiger partial charge in [0.05, 0.1) is 0 Å². The fourth-order valence-electron chi connectivity index (χ4n) is 0. The summed E-state index contributed by atoms with van der Waals surface area (Å²) in [5.74, 6) is 0. The van der Waals surface area contributed by atoms with Crippen LogP contribution in [0.5, 0.6) is 0 Å². The summed E-state index contributed by atoms with van der Waals surface area (Å²) in [6, 6.07) is 0. The third kappa shape index (κ3) is 16.7. The zero-order valence-corrected chi connectivity index (χ0v) is 2.57. The van der Waals surface area contributed by atoms with Crippen LogP contribution in [0.2, 0.25) is 0 Å². The molecule has 29 valence electrons. The summed E-state index contributed by atoms with van der Waals surface area (Å²) in [4.78, 5) is 0. The monoisotopic (exact) mass is 107 g/mol. The third-order valence-corrected chi connectivity index (χ3v) is 0.158. The second-order valence-corrected chi connectivity index (χ2v) is 0.577. The second kappa shape index (κ2) is 15.8. The van der Waals surface area contributed by atoms with Crippen LogP contribution in [0.3, 0.4) is 0 Å². The molecule has 0 aliphatic heterocycles. The molecule has 0 amide bonds. The predicted molar refractivity (Wildman–Crippen MR) is 31.4 cm³/mol. The average molecular weight is 107 g/mol. The molecule has 1 nitrogen and oxygen atoms in total. The maximum atomic E-state index is 7.81. The van der Waals surface area contributed by atoms with E-state index >= 15 is 0 Å². The van der Waals surface area contributed by atoms with Gasteiger partial charge in [0.15, 0.2) is 0 Å². The minimum atomic E-state index is 0. The standard InChI is InChI=1S/C3H7O.2Na.2H/c1-2-3-4;;;;/h4H,1-3H2;;;;. The van der Waals surface area contributed by atoms with Gasteiger partial charge in [-0.25, -0.2) is 0 Å². The van der Waals surface area contributed by atoms with Crippen LogP contribution in [-0.4, -0.2) is 70.8 Å². The SMILES string of the molecule is [CH2]CCO.[NaH].[NaH]. The number of hydrogen-bond acceptors (Lipinski definition) is 1. The molecule has 0 atom stereocenters. The summed E-state index contributed by atoms with van der Waals surface area (Å²) in [5, 5.41) is 7.81. The van der Waals surface area contributed by atoms with E-state index in [-0.39, 0.29) is 65.7 Å². The normalized spacial score (nSPS) is 5.00. The zero-order chi connectivity index (χ0) is 3.41. The van der Waals surface area contributed by atoms with Crippen molar-refractivity contribution in [1.82, 2.24) is 0 Å². The zero-order valence-electron chi connectivity index (χ0n) is 2.57. The molecule has 6 heavy (non-hydrogen) atoms. The fourth-order valence-corrected chi connectivity index (χ4v) is 0. The molecule has 0 aliphatic rings. The summed E-state index contributed by atoms with van der Waals surface area (Å²) in [5.41, 5.74) is 0. The van der Waals surface area contributed by atoms with E-state index in [9.17, 15) is 0 Å². The maximum absolute atomic E-state index is 7.81. The Balaban J connectivity index is -0.0000000450. The molecule has 0 heterocycles. The minimum absolute atomic E-state index is 0. The summed E-state index contributed by atoms with van der Waals surface area (Å²) in [6.45, 7) is 3.56. The molecule has 0 spiro atoms. The predicted octanol–water partition coefficient (Wildman–Crippen LogP) is -1.09. The van der Waals surface area contributed by atoms with Crippen molar-refractivity contribution in [2.24, 2.45) is 0 Å². The first-order valence-electron chi connectivity index (χ1n) is 1.32. The van der Waals surface area contributed by atoms with Crippen LogP contribution in [0.15, 0.2) is 0 Å². The van der Waals surface area contributed by atoms with Crippen molar-refractivity contribution in [3.8, 4) is 0 Å². The van der Waals surface area contributed by atoms with E-state index in [1.165, 1.54) is 0 Å². The van der Waals surface area contributed by atoms with Crippen LogP contribution < -0.4 is 0 Å². The Hall–Kier alpha value is 1.96. The van der Waals surface area contributed by atoms with E-state index in [0.29, 0.717) is 6.42 Å². The Kier molecular flexibility index (Phi) is 41.2. The number of rotatable bonds is 1. The van der Waals surface area contributed by atoms with E-state index in [1.807, 2.05) is 0 Å². The fraction of sp³-hybridized carbons (Fsp3) is 0.667. The molecule has 0 aromatic heterocycles. The summed E-state index contributed by atoms with van der Waals surface area (Å²) in [6.07, 6.45) is 0.625. The Morgan fingerprint density at radius 2 is 1.50 bits per heavy atom. The molecule has 0 rings (SSSR count). The first-order chi connectivity index (χ1) is 1.91. The van der Waals surface area contributed by atoms with Gasteiger partial charge in [-0.05, 0) is 6.42 Å². The summed E-state index contributed by atoms with van der Waals surface area (Å²) < 4.78 is 0. The number of aliphatic hydroxyl groups excluding tert-OH is 1. The molecule has 0 aliphatic carbocycles. The van der Waals surface area contributed by atoms with Gasteiger partial charge in [0.2, 0.25) is 0 Å². The Morgan fingerprint density at radius 1 is 1.33 bits per heavy atom. The molecule has 0 fully saturated rings. The van der Waals surface area contributed by atoms with E-state index in [4.69, 9.17) is 5.11 Å². The topological polar surface area (TPSA) is 20.2 Å². The molecule has 0 unspecified atom stereocenters. The van der Waals surface area contributed by atoms with Gasteiger partial charge in [0.25, 0.3) is 0 Å². The molecule has 1 N–H and O–H groups in total. The second-order valence-electron chi connectivity index (χ2n) is 0.577. The summed E-state index contributed by atoms with van der Waals surface area (Å²) >= 11 is 0. The Morgan fingerprint density at radius 3 is 1.50 bits per heavy atom. The van der Waals surface area contributed by atoms with Crippen molar-refractivity contribution < 1.29 is 5.11 Å². The molecule has 0 bridgehead atoms. The van der Waals surface area contributed by atoms with Crippen molar-refractivity contribution in [2.45, 2.75) is 6.42 Å². The van der Waals surface area contributed by atoms with E-state index in [1.54, 1.807) is 0 Å². The molecule has 0 saturated carbocycles. The first kappa shape index (κ1) is 15.7. The molecule has 0 aromatic carbocycles. The van der Waals surface area contributed by atoms with Crippen LogP contribution in [0.25, 0.3) is 0 Å². The van der Waals surface area contributed by atoms with Crippen molar-refractivity contribution in [3.63, 3.8) is 0 Å². The van der Waals surface area contributed by atoms with Crippen LogP contribution in [0.1, 0.15) is 6.42 Å². The molecule has 3 heteroatoms. The molecule has 1 radical (unpaired) electrons. The van der Waals surface area contributed by atoms with Gasteiger partial charge in [-0.2, -0.15) is 0 Å². The Bertz CT molecular complexity index is 10.8. The number of hydrogen-bond donors (Lipinski definition) is 1. The quantitative estimate of drug-likeness (QED) is 0.422. The van der Waals surface area contributed by atoms with Crippen molar-refractivity contribution in [1.29, 1.82) is 0 Å². The van der Waals surface area contributed by atoms with Crippen molar-refractivity contribution >= 4 is 59.1 Å². The van der Waals surface area contributed by atoms with Crippen LogP contribution in [0, 0.1) is 6.92 Å². The third-order valence-electron chi connectivity index (χ3n) is 0.158. The van der Waals surface area contributed by atoms with Crippen LogP contribution >= 0.6 is 0 Å². The van der Waals surface area contributed by atoms with Crippen LogP contribution in [-0.2, 0) is 0 Å². The number of aliphatic hydroxyl groups is 1. The molecular formula is C3H9Na2O. The first-order valence-corrected chi connectivity index (χ1v) is 1.32.